The Kier molecular flexibility index (Phi) is 3.99. The fraction of sp³-hybridized carbons (Fsp3) is 0.133. The van der Waals surface area contributed by atoms with Crippen LogP contribution in [0.4, 0.5) is 13.2 Å². The van der Waals surface area contributed by atoms with Crippen molar-refractivity contribution in [1.82, 2.24) is 19.7 Å². The van der Waals surface area contributed by atoms with Crippen molar-refractivity contribution in [3.05, 3.63) is 64.6 Å². The molecule has 8 heteroatoms. The van der Waals surface area contributed by atoms with Gasteiger partial charge < -0.3 is 0 Å². The molecular formula is C15H11F3N4S. The monoisotopic (exact) mass is 336 g/mol. The maximum absolute atomic E-state index is 12.8. The number of nitrogens with zero attached hydrogens (tertiary/aromatic N) is 3. The molecule has 0 saturated carbocycles. The lowest BCUT2D eigenvalue weighted by Crippen LogP contribution is -2.07. The molecule has 2 heterocycles. The van der Waals surface area contributed by atoms with Crippen molar-refractivity contribution in [3.8, 4) is 11.5 Å². The average Bonchev–Trinajstić information content (AvgIpc) is 2.89. The van der Waals surface area contributed by atoms with Crippen molar-refractivity contribution < 1.29 is 13.2 Å². The Balaban J connectivity index is 1.99. The first-order valence-electron chi connectivity index (χ1n) is 6.68. The van der Waals surface area contributed by atoms with Gasteiger partial charge in [-0.2, -0.15) is 18.3 Å². The molecule has 0 fully saturated rings. The summed E-state index contributed by atoms with van der Waals surface area (Å²) < 4.78 is 40.4. The summed E-state index contributed by atoms with van der Waals surface area (Å²) in [6.45, 7) is 0.172. The predicted molar refractivity (Wildman–Crippen MR) is 81.2 cm³/mol. The Bertz CT molecular complexity index is 868. The number of hydrogen-bond donors (Lipinski definition) is 1. The van der Waals surface area contributed by atoms with Crippen LogP contribution in [0.1, 0.15) is 11.1 Å². The maximum atomic E-state index is 12.8. The largest absolute Gasteiger partial charge is 0.416 e. The molecule has 0 unspecified atom stereocenters. The van der Waals surface area contributed by atoms with E-state index < -0.39 is 11.7 Å². The number of pyridine rings is 1. The molecule has 118 valence electrons. The van der Waals surface area contributed by atoms with E-state index in [1.165, 1.54) is 6.07 Å². The zero-order valence-electron chi connectivity index (χ0n) is 11.7. The number of aromatic nitrogens is 4. The average molecular weight is 336 g/mol. The second kappa shape index (κ2) is 5.96. The molecule has 1 aromatic carbocycles. The third-order valence-corrected chi connectivity index (χ3v) is 3.56. The molecule has 4 nitrogen and oxygen atoms in total. The van der Waals surface area contributed by atoms with Gasteiger partial charge in [0, 0.05) is 6.20 Å². The minimum Gasteiger partial charge on any atom is -0.294 e. The van der Waals surface area contributed by atoms with Crippen LogP contribution in [-0.4, -0.2) is 19.7 Å². The highest BCUT2D eigenvalue weighted by atomic mass is 32.1. The van der Waals surface area contributed by atoms with Crippen molar-refractivity contribution in [3.63, 3.8) is 0 Å². The highest BCUT2D eigenvalue weighted by Crippen LogP contribution is 2.30. The van der Waals surface area contributed by atoms with E-state index in [0.29, 0.717) is 21.9 Å². The number of hydrogen-bond acceptors (Lipinski definition) is 3. The molecule has 1 N–H and O–H groups in total. The minimum absolute atomic E-state index is 0.172. The summed E-state index contributed by atoms with van der Waals surface area (Å²) in [5.41, 5.74) is 0.380. The molecule has 0 spiro atoms. The van der Waals surface area contributed by atoms with Crippen LogP contribution in [0.15, 0.2) is 48.7 Å². The van der Waals surface area contributed by atoms with Gasteiger partial charge in [0.1, 0.15) is 5.69 Å². The van der Waals surface area contributed by atoms with Crippen LogP contribution < -0.4 is 0 Å². The molecule has 0 aliphatic heterocycles. The number of aromatic amines is 1. The maximum Gasteiger partial charge on any atom is 0.416 e. The van der Waals surface area contributed by atoms with E-state index in [-0.39, 0.29) is 6.54 Å². The zero-order valence-corrected chi connectivity index (χ0v) is 12.5. The minimum atomic E-state index is -4.38. The molecule has 3 rings (SSSR count). The van der Waals surface area contributed by atoms with Crippen LogP contribution in [-0.2, 0) is 12.7 Å². The predicted octanol–water partition coefficient (Wildman–Crippen LogP) is 4.07. The second-order valence-electron chi connectivity index (χ2n) is 4.85. The van der Waals surface area contributed by atoms with Gasteiger partial charge in [-0.3, -0.25) is 14.6 Å². The van der Waals surface area contributed by atoms with E-state index in [9.17, 15) is 13.2 Å². The van der Waals surface area contributed by atoms with Crippen LogP contribution in [0.2, 0.25) is 0 Å². The molecule has 0 bridgehead atoms. The lowest BCUT2D eigenvalue weighted by Gasteiger charge is -2.10. The summed E-state index contributed by atoms with van der Waals surface area (Å²) in [6.07, 6.45) is -2.76. The second-order valence-corrected chi connectivity index (χ2v) is 5.24. The molecule has 0 atom stereocenters. The zero-order chi connectivity index (χ0) is 16.4. The lowest BCUT2D eigenvalue weighted by molar-refractivity contribution is -0.137. The number of H-pyrrole nitrogens is 1. The Hall–Kier alpha value is -2.48. The SMILES string of the molecule is FC(F)(F)c1cccc(Cn2c(-c3ccccn3)n[nH]c2=S)c1. The number of benzene rings is 1. The van der Waals surface area contributed by atoms with Gasteiger partial charge in [0.05, 0.1) is 12.1 Å². The molecular weight excluding hydrogens is 325 g/mol. The third-order valence-electron chi connectivity index (χ3n) is 3.25. The van der Waals surface area contributed by atoms with Crippen LogP contribution in [0.3, 0.4) is 0 Å². The van der Waals surface area contributed by atoms with E-state index in [2.05, 4.69) is 15.2 Å². The van der Waals surface area contributed by atoms with Gasteiger partial charge in [0.2, 0.25) is 0 Å². The van der Waals surface area contributed by atoms with E-state index in [1.54, 1.807) is 35.0 Å². The fourth-order valence-corrected chi connectivity index (χ4v) is 2.38. The van der Waals surface area contributed by atoms with Gasteiger partial charge in [-0.25, -0.2) is 0 Å². The summed E-state index contributed by atoms with van der Waals surface area (Å²) in [7, 11) is 0. The molecule has 0 saturated heterocycles. The van der Waals surface area contributed by atoms with Crippen LogP contribution >= 0.6 is 12.2 Å². The van der Waals surface area contributed by atoms with Gasteiger partial charge in [-0.15, -0.1) is 0 Å². The fourth-order valence-electron chi connectivity index (χ4n) is 2.18. The topological polar surface area (TPSA) is 46.5 Å². The summed E-state index contributed by atoms with van der Waals surface area (Å²) in [5, 5.41) is 6.77. The molecule has 0 radical (unpaired) electrons. The van der Waals surface area contributed by atoms with Crippen molar-refractivity contribution >= 4 is 12.2 Å². The van der Waals surface area contributed by atoms with Gasteiger partial charge in [-0.05, 0) is 42.0 Å². The summed E-state index contributed by atoms with van der Waals surface area (Å²) in [4.78, 5) is 4.19. The molecule has 2 aromatic heterocycles. The summed E-state index contributed by atoms with van der Waals surface area (Å²) >= 11 is 5.17. The Morgan fingerprint density at radius 1 is 1.13 bits per heavy atom. The van der Waals surface area contributed by atoms with Crippen molar-refractivity contribution in [2.24, 2.45) is 0 Å². The van der Waals surface area contributed by atoms with Crippen molar-refractivity contribution in [1.29, 1.82) is 0 Å². The summed E-state index contributed by atoms with van der Waals surface area (Å²) in [5.74, 6) is 0.480. The normalized spacial score (nSPS) is 11.6. The first-order valence-corrected chi connectivity index (χ1v) is 7.09. The van der Waals surface area contributed by atoms with Crippen molar-refractivity contribution in [2.75, 3.05) is 0 Å². The Morgan fingerprint density at radius 3 is 2.65 bits per heavy atom. The van der Waals surface area contributed by atoms with Crippen LogP contribution in [0.5, 0.6) is 0 Å². The van der Waals surface area contributed by atoms with Crippen molar-refractivity contribution in [2.45, 2.75) is 12.7 Å². The first-order chi connectivity index (χ1) is 10.9. The Labute approximate surface area is 134 Å². The van der Waals surface area contributed by atoms with Crippen LogP contribution in [0, 0.1) is 4.77 Å². The first kappa shape index (κ1) is 15.4. The molecule has 3 aromatic rings. The van der Waals surface area contributed by atoms with E-state index in [4.69, 9.17) is 12.2 Å². The number of halogens is 3. The molecule has 0 aliphatic rings. The standard InChI is InChI=1S/C15H11F3N4S/c16-15(17,18)11-5-3-4-10(8-11)9-22-13(20-21-14(22)23)12-6-1-2-7-19-12/h1-8H,9H2,(H,21,23). The van der Waals surface area contributed by atoms with E-state index in [0.717, 1.165) is 12.1 Å². The highest BCUT2D eigenvalue weighted by Gasteiger charge is 2.30. The highest BCUT2D eigenvalue weighted by molar-refractivity contribution is 7.71. The van der Waals surface area contributed by atoms with Gasteiger partial charge in [0.15, 0.2) is 10.6 Å². The third kappa shape index (κ3) is 3.31. The van der Waals surface area contributed by atoms with Gasteiger partial charge >= 0.3 is 6.18 Å². The van der Waals surface area contributed by atoms with E-state index >= 15 is 0 Å². The van der Waals surface area contributed by atoms with Gasteiger partial charge in [0.25, 0.3) is 0 Å². The number of nitrogens with one attached hydrogen (secondary N) is 1. The number of alkyl halides is 3. The molecule has 0 aliphatic carbocycles. The van der Waals surface area contributed by atoms with E-state index in [1.807, 2.05) is 0 Å². The smallest absolute Gasteiger partial charge is 0.294 e. The van der Waals surface area contributed by atoms with Gasteiger partial charge in [-0.1, -0.05) is 18.2 Å². The quantitative estimate of drug-likeness (QED) is 0.734. The summed E-state index contributed by atoms with van der Waals surface area (Å²) in [6, 6.07) is 10.5. The number of rotatable bonds is 3. The van der Waals surface area contributed by atoms with Crippen LogP contribution in [0.25, 0.3) is 11.5 Å². The molecule has 0 amide bonds. The Morgan fingerprint density at radius 2 is 1.96 bits per heavy atom. The molecule has 23 heavy (non-hydrogen) atoms. The lowest BCUT2D eigenvalue weighted by atomic mass is 10.1.